The molecule has 1 aromatic carbocycles. The summed E-state index contributed by atoms with van der Waals surface area (Å²) in [6, 6.07) is 4.88. The number of rotatable bonds is 6. The minimum atomic E-state index is -3.06. The molecule has 1 aliphatic heterocycles. The Kier molecular flexibility index (Phi) is 5.45. The first-order chi connectivity index (χ1) is 12.9. The van der Waals surface area contributed by atoms with Gasteiger partial charge in [-0.05, 0) is 18.6 Å². The Hall–Kier alpha value is -2.88. The van der Waals surface area contributed by atoms with E-state index in [0.717, 1.165) is 0 Å². The molecule has 0 radical (unpaired) electrons. The molecule has 2 aromatic rings. The highest BCUT2D eigenvalue weighted by Crippen LogP contribution is 2.30. The number of methoxy groups -OCH3 is 2. The van der Waals surface area contributed by atoms with Crippen LogP contribution in [0, 0.1) is 0 Å². The number of carbonyl (C=O) groups excluding carboxylic acids is 1. The molecule has 0 saturated carbocycles. The van der Waals surface area contributed by atoms with Crippen LogP contribution in [-0.4, -0.2) is 56.1 Å². The second-order valence-corrected chi connectivity index (χ2v) is 8.29. The molecule has 0 spiro atoms. The van der Waals surface area contributed by atoms with Crippen molar-refractivity contribution >= 4 is 27.4 Å². The van der Waals surface area contributed by atoms with Gasteiger partial charge in [0.1, 0.15) is 11.5 Å². The summed E-state index contributed by atoms with van der Waals surface area (Å²) in [5.74, 6) is 1.17. The van der Waals surface area contributed by atoms with Gasteiger partial charge in [0.2, 0.25) is 5.95 Å². The zero-order chi connectivity index (χ0) is 19.4. The third-order valence-corrected chi connectivity index (χ3v) is 5.90. The van der Waals surface area contributed by atoms with E-state index >= 15 is 0 Å². The predicted octanol–water partition coefficient (Wildman–Crippen LogP) is 1.15. The molecule has 0 aliphatic carbocycles. The number of nitrogens with one attached hydrogen (secondary N) is 2. The first-order valence-electron chi connectivity index (χ1n) is 8.22. The summed E-state index contributed by atoms with van der Waals surface area (Å²) < 4.78 is 33.4. The summed E-state index contributed by atoms with van der Waals surface area (Å²) in [5, 5.41) is 5.71. The lowest BCUT2D eigenvalue weighted by Crippen LogP contribution is -2.35. The Morgan fingerprint density at radius 2 is 1.93 bits per heavy atom. The van der Waals surface area contributed by atoms with E-state index in [2.05, 4.69) is 20.6 Å². The minimum absolute atomic E-state index is 0.0329. The molecule has 1 atom stereocenters. The maximum atomic E-state index is 12.2. The zero-order valence-corrected chi connectivity index (χ0v) is 15.7. The number of nitrogens with zero attached hydrogens (tertiary/aromatic N) is 2. The van der Waals surface area contributed by atoms with Crippen molar-refractivity contribution in [1.29, 1.82) is 0 Å². The van der Waals surface area contributed by atoms with Gasteiger partial charge in [0, 0.05) is 24.5 Å². The number of carbonyl (C=O) groups is 1. The van der Waals surface area contributed by atoms with Crippen LogP contribution in [0.15, 0.2) is 30.6 Å². The lowest BCUT2D eigenvalue weighted by molar-refractivity contribution is 0.0940. The van der Waals surface area contributed by atoms with Crippen molar-refractivity contribution < 1.29 is 22.7 Å². The Morgan fingerprint density at radius 1 is 1.19 bits per heavy atom. The van der Waals surface area contributed by atoms with Gasteiger partial charge in [0.15, 0.2) is 9.84 Å². The van der Waals surface area contributed by atoms with Crippen molar-refractivity contribution in [3.8, 4) is 11.5 Å². The third-order valence-electron chi connectivity index (χ3n) is 4.13. The van der Waals surface area contributed by atoms with E-state index in [1.165, 1.54) is 12.4 Å². The zero-order valence-electron chi connectivity index (χ0n) is 14.9. The normalized spacial score (nSPS) is 17.9. The summed E-state index contributed by atoms with van der Waals surface area (Å²) >= 11 is 0. The van der Waals surface area contributed by atoms with Crippen molar-refractivity contribution in [2.24, 2.45) is 0 Å². The lowest BCUT2D eigenvalue weighted by Gasteiger charge is -2.12. The second kappa shape index (κ2) is 7.78. The number of hydrogen-bond acceptors (Lipinski definition) is 8. The maximum absolute atomic E-state index is 12.2. The van der Waals surface area contributed by atoms with Crippen LogP contribution in [0.4, 0.5) is 11.6 Å². The summed E-state index contributed by atoms with van der Waals surface area (Å²) in [6.45, 7) is 0. The molecule has 27 heavy (non-hydrogen) atoms. The summed E-state index contributed by atoms with van der Waals surface area (Å²) in [5.41, 5.74) is 0.868. The van der Waals surface area contributed by atoms with Crippen molar-refractivity contribution in [2.75, 3.05) is 31.0 Å². The number of hydrogen-bond donors (Lipinski definition) is 2. The molecule has 1 unspecified atom stereocenters. The smallest absolute Gasteiger partial charge is 0.254 e. The molecule has 1 aliphatic rings. The van der Waals surface area contributed by atoms with Gasteiger partial charge in [-0.2, -0.15) is 0 Å². The largest absolute Gasteiger partial charge is 0.497 e. The van der Waals surface area contributed by atoms with E-state index in [-0.39, 0.29) is 29.1 Å². The second-order valence-electron chi connectivity index (χ2n) is 6.06. The number of sulfone groups is 1. The molecule has 2 N–H and O–H groups in total. The van der Waals surface area contributed by atoms with Gasteiger partial charge in [-0.1, -0.05) is 0 Å². The summed E-state index contributed by atoms with van der Waals surface area (Å²) in [4.78, 5) is 20.5. The Morgan fingerprint density at radius 3 is 2.52 bits per heavy atom. The van der Waals surface area contributed by atoms with E-state index in [1.54, 1.807) is 32.4 Å². The van der Waals surface area contributed by atoms with Crippen LogP contribution < -0.4 is 20.1 Å². The standard InChI is InChI=1S/C17H20N4O5S/c1-25-13-3-4-15(26-2)14(7-13)21-17-18-8-11(9-19-17)16(22)20-12-5-6-27(23,24)10-12/h3-4,7-9,12H,5-6,10H2,1-2H3,(H,20,22)(H,18,19,21). The van der Waals surface area contributed by atoms with E-state index in [0.29, 0.717) is 23.6 Å². The fraction of sp³-hybridized carbons (Fsp3) is 0.353. The number of amides is 1. The Bertz CT molecular complexity index is 931. The summed E-state index contributed by atoms with van der Waals surface area (Å²) in [7, 11) is 0.0517. The highest BCUT2D eigenvalue weighted by Gasteiger charge is 2.29. The van der Waals surface area contributed by atoms with Crippen LogP contribution in [0.25, 0.3) is 0 Å². The highest BCUT2D eigenvalue weighted by molar-refractivity contribution is 7.91. The molecule has 2 heterocycles. The fourth-order valence-corrected chi connectivity index (χ4v) is 4.39. The molecule has 10 heteroatoms. The van der Waals surface area contributed by atoms with Gasteiger partial charge in [0.05, 0.1) is 37.0 Å². The third kappa shape index (κ3) is 4.64. The quantitative estimate of drug-likeness (QED) is 0.751. The van der Waals surface area contributed by atoms with Crippen molar-refractivity contribution in [2.45, 2.75) is 12.5 Å². The van der Waals surface area contributed by atoms with Gasteiger partial charge in [-0.3, -0.25) is 4.79 Å². The first kappa shape index (κ1) is 18.9. The topological polar surface area (TPSA) is 120 Å². The number of ether oxygens (including phenoxy) is 2. The van der Waals surface area contributed by atoms with Crippen LogP contribution >= 0.6 is 0 Å². The molecule has 1 saturated heterocycles. The lowest BCUT2D eigenvalue weighted by atomic mass is 10.2. The van der Waals surface area contributed by atoms with Crippen molar-refractivity contribution in [3.05, 3.63) is 36.2 Å². The molecule has 1 aromatic heterocycles. The number of benzene rings is 1. The SMILES string of the molecule is COc1ccc(OC)c(Nc2ncc(C(=O)NC3CCS(=O)(=O)C3)cn2)c1. The fourth-order valence-electron chi connectivity index (χ4n) is 2.72. The molecular weight excluding hydrogens is 372 g/mol. The van der Waals surface area contributed by atoms with Gasteiger partial charge in [0.25, 0.3) is 5.91 Å². The Balaban J connectivity index is 1.68. The minimum Gasteiger partial charge on any atom is -0.497 e. The van der Waals surface area contributed by atoms with Crippen LogP contribution in [0.5, 0.6) is 11.5 Å². The van der Waals surface area contributed by atoms with E-state index < -0.39 is 15.7 Å². The Labute approximate surface area is 157 Å². The van der Waals surface area contributed by atoms with Crippen LogP contribution in [0.2, 0.25) is 0 Å². The molecular formula is C17H20N4O5S. The molecule has 1 amide bonds. The van der Waals surface area contributed by atoms with Gasteiger partial charge < -0.3 is 20.1 Å². The molecule has 144 valence electrons. The van der Waals surface area contributed by atoms with E-state index in [9.17, 15) is 13.2 Å². The van der Waals surface area contributed by atoms with Gasteiger partial charge in [-0.25, -0.2) is 18.4 Å². The first-order valence-corrected chi connectivity index (χ1v) is 10.0. The van der Waals surface area contributed by atoms with Gasteiger partial charge >= 0.3 is 0 Å². The van der Waals surface area contributed by atoms with Gasteiger partial charge in [-0.15, -0.1) is 0 Å². The van der Waals surface area contributed by atoms with Crippen LogP contribution in [-0.2, 0) is 9.84 Å². The highest BCUT2D eigenvalue weighted by atomic mass is 32.2. The van der Waals surface area contributed by atoms with E-state index in [4.69, 9.17) is 9.47 Å². The maximum Gasteiger partial charge on any atom is 0.254 e. The molecule has 9 nitrogen and oxygen atoms in total. The predicted molar refractivity (Wildman–Crippen MR) is 99.4 cm³/mol. The van der Waals surface area contributed by atoms with Crippen LogP contribution in [0.3, 0.4) is 0 Å². The average molecular weight is 392 g/mol. The number of aromatic nitrogens is 2. The number of anilines is 2. The molecule has 3 rings (SSSR count). The van der Waals surface area contributed by atoms with E-state index in [1.807, 2.05) is 0 Å². The monoisotopic (exact) mass is 392 g/mol. The van der Waals surface area contributed by atoms with Crippen molar-refractivity contribution in [3.63, 3.8) is 0 Å². The van der Waals surface area contributed by atoms with Crippen molar-refractivity contribution in [1.82, 2.24) is 15.3 Å². The van der Waals surface area contributed by atoms with Crippen LogP contribution in [0.1, 0.15) is 16.8 Å². The molecule has 0 bridgehead atoms. The summed E-state index contributed by atoms with van der Waals surface area (Å²) in [6.07, 6.45) is 3.17. The molecule has 1 fully saturated rings. The average Bonchev–Trinajstić information content (AvgIpc) is 3.00.